The van der Waals surface area contributed by atoms with Crippen LogP contribution < -0.4 is 5.32 Å². The molecule has 2 aliphatic rings. The number of nitrogens with one attached hydrogen (secondary N) is 1. The number of hydrogen-bond acceptors (Lipinski definition) is 8. The van der Waals surface area contributed by atoms with Gasteiger partial charge in [0, 0.05) is 23.0 Å². The molecular formula is C29H25N3O6. The van der Waals surface area contributed by atoms with Gasteiger partial charge in [-0.2, -0.15) is 0 Å². The summed E-state index contributed by atoms with van der Waals surface area (Å²) < 4.78 is 10.6. The first-order valence-corrected chi connectivity index (χ1v) is 12.1. The number of allylic oxidation sites excluding steroid dienone is 2. The summed E-state index contributed by atoms with van der Waals surface area (Å²) in [6.45, 7) is 3.15. The van der Waals surface area contributed by atoms with Crippen LogP contribution in [0.15, 0.2) is 83.3 Å². The summed E-state index contributed by atoms with van der Waals surface area (Å²) in [5, 5.41) is 3.94. The van der Waals surface area contributed by atoms with Crippen LogP contribution in [0.5, 0.6) is 0 Å². The molecule has 1 unspecified atom stereocenters. The summed E-state index contributed by atoms with van der Waals surface area (Å²) in [6.07, 6.45) is 1.63. The lowest BCUT2D eigenvalue weighted by Gasteiger charge is -2.30. The second-order valence-corrected chi connectivity index (χ2v) is 9.03. The Hall–Kier alpha value is -4.79. The Morgan fingerprint density at radius 3 is 2.18 bits per heavy atom. The number of aromatic nitrogens is 1. The van der Waals surface area contributed by atoms with Crippen LogP contribution in [-0.2, 0) is 19.1 Å². The first kappa shape index (κ1) is 24.9. The Labute approximate surface area is 218 Å². The molecule has 0 aliphatic carbocycles. The van der Waals surface area contributed by atoms with Crippen molar-refractivity contribution in [3.63, 3.8) is 0 Å². The van der Waals surface area contributed by atoms with Crippen molar-refractivity contribution in [2.45, 2.75) is 19.8 Å². The maximum absolute atomic E-state index is 13.5. The molecule has 9 nitrogen and oxygen atoms in total. The predicted molar refractivity (Wildman–Crippen MR) is 138 cm³/mol. The molecule has 0 radical (unpaired) electrons. The topological polar surface area (TPSA) is 115 Å². The number of methoxy groups -OCH3 is 1. The van der Waals surface area contributed by atoms with Crippen molar-refractivity contribution in [2.24, 2.45) is 0 Å². The lowest BCUT2D eigenvalue weighted by molar-refractivity contribution is -0.139. The third-order valence-corrected chi connectivity index (χ3v) is 6.76. The highest BCUT2D eigenvalue weighted by atomic mass is 16.5. The summed E-state index contributed by atoms with van der Waals surface area (Å²) in [5.41, 5.74) is 3.59. The van der Waals surface area contributed by atoms with E-state index < -0.39 is 29.7 Å². The average molecular weight is 512 g/mol. The number of nitrogens with zero attached hydrogens (tertiary/aromatic N) is 2. The highest BCUT2D eigenvalue weighted by molar-refractivity contribution is 6.21. The molecule has 2 aliphatic heterocycles. The van der Waals surface area contributed by atoms with Crippen molar-refractivity contribution in [2.75, 3.05) is 20.3 Å². The lowest BCUT2D eigenvalue weighted by Crippen LogP contribution is -2.35. The number of hydrogen-bond donors (Lipinski definition) is 1. The van der Waals surface area contributed by atoms with Crippen LogP contribution in [-0.4, -0.2) is 53.9 Å². The molecule has 1 aromatic heterocycles. The Morgan fingerprint density at radius 2 is 1.53 bits per heavy atom. The Bertz CT molecular complexity index is 1540. The van der Waals surface area contributed by atoms with Gasteiger partial charge in [-0.25, -0.2) is 9.59 Å². The van der Waals surface area contributed by atoms with Gasteiger partial charge in [0.05, 0.1) is 47.4 Å². The average Bonchev–Trinajstić information content (AvgIpc) is 3.16. The van der Waals surface area contributed by atoms with Gasteiger partial charge in [-0.05, 0) is 43.7 Å². The van der Waals surface area contributed by atoms with Crippen molar-refractivity contribution in [1.82, 2.24) is 15.2 Å². The second-order valence-electron chi connectivity index (χ2n) is 9.03. The van der Waals surface area contributed by atoms with Crippen molar-refractivity contribution in [3.8, 4) is 0 Å². The maximum Gasteiger partial charge on any atom is 0.336 e. The zero-order chi connectivity index (χ0) is 27.0. The van der Waals surface area contributed by atoms with Gasteiger partial charge in [0.1, 0.15) is 6.61 Å². The molecule has 3 aromatic rings. The van der Waals surface area contributed by atoms with E-state index in [-0.39, 0.29) is 24.3 Å². The molecule has 0 saturated heterocycles. The molecule has 3 heterocycles. The number of carbonyl (C=O) groups is 4. The van der Waals surface area contributed by atoms with Crippen molar-refractivity contribution in [3.05, 3.63) is 100 Å². The minimum absolute atomic E-state index is 0.0984. The number of imide groups is 1. The normalized spacial score (nSPS) is 17.0. The van der Waals surface area contributed by atoms with Crippen LogP contribution in [0.25, 0.3) is 10.9 Å². The first-order valence-electron chi connectivity index (χ1n) is 12.1. The Morgan fingerprint density at radius 1 is 0.921 bits per heavy atom. The minimum atomic E-state index is -0.799. The van der Waals surface area contributed by atoms with Gasteiger partial charge in [0.25, 0.3) is 11.8 Å². The van der Waals surface area contributed by atoms with Gasteiger partial charge in [0.15, 0.2) is 0 Å². The van der Waals surface area contributed by atoms with Gasteiger partial charge in [0.2, 0.25) is 0 Å². The number of amides is 2. The van der Waals surface area contributed by atoms with E-state index >= 15 is 0 Å². The molecule has 2 aromatic carbocycles. The van der Waals surface area contributed by atoms with E-state index in [2.05, 4.69) is 10.3 Å². The quantitative estimate of drug-likeness (QED) is 0.395. The highest BCUT2D eigenvalue weighted by Gasteiger charge is 2.39. The van der Waals surface area contributed by atoms with E-state index in [1.807, 2.05) is 30.3 Å². The van der Waals surface area contributed by atoms with E-state index in [1.54, 1.807) is 44.3 Å². The summed E-state index contributed by atoms with van der Waals surface area (Å²) in [7, 11) is 1.28. The predicted octanol–water partition coefficient (Wildman–Crippen LogP) is 3.48. The van der Waals surface area contributed by atoms with Crippen LogP contribution in [0.4, 0.5) is 0 Å². The number of esters is 2. The molecule has 38 heavy (non-hydrogen) atoms. The summed E-state index contributed by atoms with van der Waals surface area (Å²) in [6, 6.07) is 16.0. The van der Waals surface area contributed by atoms with E-state index in [9.17, 15) is 19.2 Å². The number of rotatable bonds is 6. The zero-order valence-corrected chi connectivity index (χ0v) is 21.1. The summed E-state index contributed by atoms with van der Waals surface area (Å²) in [4.78, 5) is 57.2. The van der Waals surface area contributed by atoms with Crippen LogP contribution in [0.3, 0.4) is 0 Å². The summed E-state index contributed by atoms with van der Waals surface area (Å²) in [5.74, 6) is -2.92. The summed E-state index contributed by atoms with van der Waals surface area (Å²) >= 11 is 0. The Kier molecular flexibility index (Phi) is 6.50. The van der Waals surface area contributed by atoms with Crippen molar-refractivity contribution in [1.29, 1.82) is 0 Å². The first-order chi connectivity index (χ1) is 18.3. The van der Waals surface area contributed by atoms with Gasteiger partial charge in [-0.3, -0.25) is 19.5 Å². The van der Waals surface area contributed by atoms with Gasteiger partial charge < -0.3 is 14.8 Å². The maximum atomic E-state index is 13.5. The number of fused-ring (bicyclic) bond motifs is 2. The number of ether oxygens (including phenoxy) is 2. The molecule has 1 atom stereocenters. The standard InChI is InChI=1S/C29H25N3O6/c1-16-23(28(35)37-3)25(19-14-18-8-4-7-11-22(18)30-15-19)24(17(2)31-16)29(36)38-13-12-32-26(33)20-9-5-6-10-21(20)27(32)34/h4-11,14-15,25,31H,12-13H2,1-3H3. The van der Waals surface area contributed by atoms with Gasteiger partial charge >= 0.3 is 11.9 Å². The van der Waals surface area contributed by atoms with Gasteiger partial charge in [-0.1, -0.05) is 30.3 Å². The van der Waals surface area contributed by atoms with Crippen molar-refractivity contribution < 1.29 is 28.7 Å². The lowest BCUT2D eigenvalue weighted by atomic mass is 9.80. The number of dihydropyridines is 1. The molecule has 0 saturated carbocycles. The fourth-order valence-electron chi connectivity index (χ4n) is 4.97. The van der Waals surface area contributed by atoms with Crippen LogP contribution in [0.1, 0.15) is 46.0 Å². The van der Waals surface area contributed by atoms with E-state index in [0.29, 0.717) is 28.1 Å². The van der Waals surface area contributed by atoms with Crippen LogP contribution in [0.2, 0.25) is 0 Å². The second kappa shape index (κ2) is 9.93. The SMILES string of the molecule is COC(=O)C1=C(C)NC(C)=C(C(=O)OCCN2C(=O)c3ccccc3C2=O)C1c1cnc2ccccc2c1. The van der Waals surface area contributed by atoms with Gasteiger partial charge in [-0.15, -0.1) is 0 Å². The molecule has 1 N–H and O–H groups in total. The molecule has 5 rings (SSSR count). The fourth-order valence-corrected chi connectivity index (χ4v) is 4.97. The third-order valence-electron chi connectivity index (χ3n) is 6.76. The number of benzene rings is 2. The zero-order valence-electron chi connectivity index (χ0n) is 21.1. The van der Waals surface area contributed by atoms with Crippen LogP contribution in [0, 0.1) is 0 Å². The smallest absolute Gasteiger partial charge is 0.336 e. The fraction of sp³-hybridized carbons (Fsp3) is 0.207. The molecule has 0 fully saturated rings. The van der Waals surface area contributed by atoms with E-state index in [4.69, 9.17) is 9.47 Å². The van der Waals surface area contributed by atoms with Crippen LogP contribution >= 0.6 is 0 Å². The highest BCUT2D eigenvalue weighted by Crippen LogP contribution is 2.39. The van der Waals surface area contributed by atoms with Crippen molar-refractivity contribution >= 4 is 34.7 Å². The van der Waals surface area contributed by atoms with E-state index in [1.165, 1.54) is 7.11 Å². The molecule has 0 bridgehead atoms. The Balaban J connectivity index is 1.42. The largest absolute Gasteiger partial charge is 0.466 e. The minimum Gasteiger partial charge on any atom is -0.466 e. The van der Waals surface area contributed by atoms with E-state index in [0.717, 1.165) is 15.8 Å². The number of pyridine rings is 1. The number of carbonyl (C=O) groups excluding carboxylic acids is 4. The number of para-hydroxylation sites is 1. The monoisotopic (exact) mass is 511 g/mol. The molecule has 2 amide bonds. The molecule has 9 heteroatoms. The molecule has 0 spiro atoms. The third kappa shape index (κ3) is 4.21. The molecule has 192 valence electrons. The molecular weight excluding hydrogens is 486 g/mol.